The molecule has 0 spiro atoms. The van der Waals surface area contributed by atoms with Crippen molar-refractivity contribution in [3.05, 3.63) is 36.5 Å². The Hall–Kier alpha value is -2.63. The van der Waals surface area contributed by atoms with Crippen LogP contribution in [0.1, 0.15) is 32.6 Å². The number of hydrogen-bond acceptors (Lipinski definition) is 4. The highest BCUT2D eigenvalue weighted by molar-refractivity contribution is 5.91. The zero-order chi connectivity index (χ0) is 20.0. The van der Waals surface area contributed by atoms with Gasteiger partial charge in [0.2, 0.25) is 11.8 Å². The number of nitrogens with zero attached hydrogens (tertiary/aromatic N) is 3. The van der Waals surface area contributed by atoms with Gasteiger partial charge in [-0.3, -0.25) is 14.6 Å². The fourth-order valence-corrected chi connectivity index (χ4v) is 5.84. The molecule has 3 aliphatic heterocycles. The van der Waals surface area contributed by atoms with Gasteiger partial charge < -0.3 is 15.1 Å². The smallest absolute Gasteiger partial charge is 0.223 e. The monoisotopic (exact) mass is 392 g/mol. The molecule has 6 heteroatoms. The molecule has 0 aliphatic carbocycles. The number of carbonyl (C=O) groups excluding carboxylic acids is 2. The van der Waals surface area contributed by atoms with Gasteiger partial charge in [-0.2, -0.15) is 0 Å². The van der Waals surface area contributed by atoms with E-state index in [1.54, 1.807) is 6.92 Å². The van der Waals surface area contributed by atoms with Crippen LogP contribution in [0.4, 0.5) is 5.69 Å². The topological polar surface area (TPSA) is 65.5 Å². The van der Waals surface area contributed by atoms with Crippen molar-refractivity contribution in [2.45, 2.75) is 44.7 Å². The number of piperidine rings is 3. The van der Waals surface area contributed by atoms with E-state index in [-0.39, 0.29) is 17.9 Å². The van der Waals surface area contributed by atoms with Crippen LogP contribution in [0.15, 0.2) is 36.5 Å². The minimum atomic E-state index is -0.0269. The van der Waals surface area contributed by atoms with Crippen molar-refractivity contribution >= 4 is 28.4 Å². The largest absolute Gasteiger partial charge is 0.370 e. The van der Waals surface area contributed by atoms with Gasteiger partial charge in [0.1, 0.15) is 0 Å². The Kier molecular flexibility index (Phi) is 4.64. The van der Waals surface area contributed by atoms with E-state index in [9.17, 15) is 9.59 Å². The molecule has 0 radical (unpaired) electrons. The van der Waals surface area contributed by atoms with Crippen LogP contribution < -0.4 is 10.2 Å². The summed E-state index contributed by atoms with van der Waals surface area (Å²) in [5, 5.41) is 4.18. The lowest BCUT2D eigenvalue weighted by Crippen LogP contribution is -2.67. The summed E-state index contributed by atoms with van der Waals surface area (Å²) in [5.41, 5.74) is 2.25. The predicted octanol–water partition coefficient (Wildman–Crippen LogP) is 2.58. The highest BCUT2D eigenvalue weighted by Gasteiger charge is 2.49. The lowest BCUT2D eigenvalue weighted by atomic mass is 9.72. The summed E-state index contributed by atoms with van der Waals surface area (Å²) in [5.74, 6) is 1.10. The van der Waals surface area contributed by atoms with Gasteiger partial charge >= 0.3 is 0 Å². The summed E-state index contributed by atoms with van der Waals surface area (Å²) < 4.78 is 0. The molecule has 2 bridgehead atoms. The Labute approximate surface area is 171 Å². The molecule has 2 aromatic rings. The summed E-state index contributed by atoms with van der Waals surface area (Å²) in [6.07, 6.45) is 5.73. The van der Waals surface area contributed by atoms with Crippen LogP contribution in [0.3, 0.4) is 0 Å². The van der Waals surface area contributed by atoms with Gasteiger partial charge in [-0.1, -0.05) is 18.2 Å². The van der Waals surface area contributed by atoms with Gasteiger partial charge in [-0.25, -0.2) is 0 Å². The van der Waals surface area contributed by atoms with Crippen LogP contribution in [-0.4, -0.2) is 53.4 Å². The van der Waals surface area contributed by atoms with Crippen LogP contribution in [0.25, 0.3) is 10.9 Å². The number of para-hydroxylation sites is 1. The summed E-state index contributed by atoms with van der Waals surface area (Å²) in [6, 6.07) is 10.8. The first-order valence-corrected chi connectivity index (χ1v) is 10.8. The fourth-order valence-electron chi connectivity index (χ4n) is 5.84. The third-order valence-electron chi connectivity index (χ3n) is 7.02. The average Bonchev–Trinajstić information content (AvgIpc) is 2.73. The minimum absolute atomic E-state index is 0.0269. The molecule has 3 fully saturated rings. The minimum Gasteiger partial charge on any atom is -0.370 e. The van der Waals surface area contributed by atoms with E-state index in [1.165, 1.54) is 11.1 Å². The van der Waals surface area contributed by atoms with Crippen LogP contribution in [0, 0.1) is 11.8 Å². The molecule has 5 rings (SSSR count). The SMILES string of the molecule is CC(=O)NC[C@H]1[C@H]2C[C@H](CN(c3ccnc4ccccc34)C2)[C@@H]2CCCC(=O)N21. The molecule has 1 N–H and O–H groups in total. The van der Waals surface area contributed by atoms with Gasteiger partial charge in [0.15, 0.2) is 0 Å². The van der Waals surface area contributed by atoms with Crippen molar-refractivity contribution in [1.82, 2.24) is 15.2 Å². The summed E-state index contributed by atoms with van der Waals surface area (Å²) >= 11 is 0. The summed E-state index contributed by atoms with van der Waals surface area (Å²) in [6.45, 7) is 3.99. The number of anilines is 1. The Balaban J connectivity index is 1.49. The Morgan fingerprint density at radius 1 is 1.21 bits per heavy atom. The molecule has 29 heavy (non-hydrogen) atoms. The van der Waals surface area contributed by atoms with Gasteiger partial charge in [-0.05, 0) is 43.2 Å². The zero-order valence-corrected chi connectivity index (χ0v) is 16.9. The first-order chi connectivity index (χ1) is 14.1. The molecule has 152 valence electrons. The third kappa shape index (κ3) is 3.24. The maximum absolute atomic E-state index is 12.8. The van der Waals surface area contributed by atoms with Gasteiger partial charge in [-0.15, -0.1) is 0 Å². The van der Waals surface area contributed by atoms with Crippen molar-refractivity contribution in [3.63, 3.8) is 0 Å². The van der Waals surface area contributed by atoms with Crippen LogP contribution in [0.2, 0.25) is 0 Å². The molecule has 1 aromatic carbocycles. The second-order valence-electron chi connectivity index (χ2n) is 8.77. The van der Waals surface area contributed by atoms with Crippen molar-refractivity contribution in [3.8, 4) is 0 Å². The molecule has 0 unspecified atom stereocenters. The lowest BCUT2D eigenvalue weighted by molar-refractivity contribution is -0.149. The molecule has 4 atom stereocenters. The maximum Gasteiger partial charge on any atom is 0.223 e. The number of aromatic nitrogens is 1. The van der Waals surface area contributed by atoms with Gasteiger partial charge in [0, 0.05) is 56.3 Å². The number of pyridine rings is 1. The normalized spacial score (nSPS) is 28.9. The molecule has 6 nitrogen and oxygen atoms in total. The highest BCUT2D eigenvalue weighted by atomic mass is 16.2. The van der Waals surface area contributed by atoms with E-state index in [2.05, 4.69) is 44.4 Å². The number of benzene rings is 1. The fraction of sp³-hybridized carbons (Fsp3) is 0.522. The molecule has 0 saturated carbocycles. The molecule has 1 aromatic heterocycles. The first kappa shape index (κ1) is 18.4. The number of carbonyl (C=O) groups is 2. The summed E-state index contributed by atoms with van der Waals surface area (Å²) in [4.78, 5) is 33.6. The number of amides is 2. The lowest BCUT2D eigenvalue weighted by Gasteiger charge is -2.57. The van der Waals surface area contributed by atoms with Crippen LogP contribution >= 0.6 is 0 Å². The second kappa shape index (κ2) is 7.32. The summed E-state index contributed by atoms with van der Waals surface area (Å²) in [7, 11) is 0. The van der Waals surface area contributed by atoms with E-state index >= 15 is 0 Å². The molecule has 3 aliphatic rings. The number of nitrogens with one attached hydrogen (secondary N) is 1. The van der Waals surface area contributed by atoms with Crippen LogP contribution in [0.5, 0.6) is 0 Å². The third-order valence-corrected chi connectivity index (χ3v) is 7.02. The Bertz CT molecular complexity index is 940. The van der Waals surface area contributed by atoms with Crippen LogP contribution in [-0.2, 0) is 9.59 Å². The number of hydrogen-bond donors (Lipinski definition) is 1. The van der Waals surface area contributed by atoms with Crippen molar-refractivity contribution in [2.75, 3.05) is 24.5 Å². The molecule has 3 saturated heterocycles. The van der Waals surface area contributed by atoms with Crippen molar-refractivity contribution in [2.24, 2.45) is 11.8 Å². The van der Waals surface area contributed by atoms with Crippen molar-refractivity contribution < 1.29 is 9.59 Å². The molecule has 4 heterocycles. The zero-order valence-electron chi connectivity index (χ0n) is 16.9. The van der Waals surface area contributed by atoms with E-state index in [0.29, 0.717) is 30.8 Å². The van der Waals surface area contributed by atoms with E-state index in [4.69, 9.17) is 0 Å². The van der Waals surface area contributed by atoms with E-state index in [1.807, 2.05) is 12.3 Å². The van der Waals surface area contributed by atoms with Crippen molar-refractivity contribution in [1.29, 1.82) is 0 Å². The Morgan fingerprint density at radius 3 is 2.90 bits per heavy atom. The highest BCUT2D eigenvalue weighted by Crippen LogP contribution is 2.43. The van der Waals surface area contributed by atoms with E-state index in [0.717, 1.165) is 37.9 Å². The predicted molar refractivity (Wildman–Crippen MR) is 113 cm³/mol. The molecule has 2 amide bonds. The molecular weight excluding hydrogens is 364 g/mol. The standard InChI is InChI=1S/C23H28N4O2/c1-15(28)25-12-22-17-11-16(20-7-4-8-23(29)27(20)22)13-26(14-17)21-9-10-24-19-6-3-2-5-18(19)21/h2-3,5-6,9-10,16-17,20,22H,4,7-8,11-14H2,1H3,(H,25,28)/t16-,17+,20+,22+/m1/s1. The second-order valence-corrected chi connectivity index (χ2v) is 8.77. The maximum atomic E-state index is 12.8. The number of fused-ring (bicyclic) bond motifs is 5. The first-order valence-electron chi connectivity index (χ1n) is 10.8. The number of rotatable bonds is 3. The van der Waals surface area contributed by atoms with Gasteiger partial charge in [0.05, 0.1) is 11.6 Å². The van der Waals surface area contributed by atoms with Gasteiger partial charge in [0.25, 0.3) is 0 Å². The molecular formula is C23H28N4O2. The quantitative estimate of drug-likeness (QED) is 0.872. The van der Waals surface area contributed by atoms with E-state index < -0.39 is 0 Å². The average molecular weight is 393 g/mol. The Morgan fingerprint density at radius 2 is 2.03 bits per heavy atom.